The van der Waals surface area contributed by atoms with Gasteiger partial charge in [0, 0.05) is 36.8 Å². The second-order valence-corrected chi connectivity index (χ2v) is 9.72. The highest BCUT2D eigenvalue weighted by Crippen LogP contribution is 2.45. The number of methoxy groups -OCH3 is 2. The maximum Gasteiger partial charge on any atom is 0.434 e. The summed E-state index contributed by atoms with van der Waals surface area (Å²) in [4.78, 5) is 17.2. The van der Waals surface area contributed by atoms with Crippen molar-refractivity contribution in [3.8, 4) is 34.4 Å². The molecule has 4 heterocycles. The van der Waals surface area contributed by atoms with Crippen molar-refractivity contribution in [1.82, 2.24) is 34.1 Å². The van der Waals surface area contributed by atoms with Gasteiger partial charge >= 0.3 is 6.18 Å². The van der Waals surface area contributed by atoms with Gasteiger partial charge in [0.25, 0.3) is 0 Å². The number of hydrogen-bond donors (Lipinski definition) is 0. The van der Waals surface area contributed by atoms with Crippen LogP contribution in [-0.2, 0) is 19.1 Å². The first kappa shape index (κ1) is 26.7. The molecule has 1 saturated carbocycles. The van der Waals surface area contributed by atoms with Crippen LogP contribution in [0.5, 0.6) is 11.6 Å². The van der Waals surface area contributed by atoms with Crippen LogP contribution in [-0.4, -0.2) is 48.3 Å². The third kappa shape index (κ3) is 4.85. The van der Waals surface area contributed by atoms with Gasteiger partial charge in [-0.25, -0.2) is 28.8 Å². The summed E-state index contributed by atoms with van der Waals surface area (Å²) in [5.41, 5.74) is 2.09. The number of rotatable bonds is 8. The Morgan fingerprint density at radius 1 is 1.05 bits per heavy atom. The topological polar surface area (TPSA) is 92.3 Å². The Hall–Kier alpha value is -4.55. The van der Waals surface area contributed by atoms with E-state index >= 15 is 4.39 Å². The number of imidazole rings is 1. The van der Waals surface area contributed by atoms with E-state index in [-0.39, 0.29) is 30.1 Å². The first-order valence-electron chi connectivity index (χ1n) is 13.0. The minimum absolute atomic E-state index is 0.0726. The van der Waals surface area contributed by atoms with Crippen molar-refractivity contribution in [3.05, 3.63) is 71.3 Å². The first-order chi connectivity index (χ1) is 19.7. The molecular weight excluding hydrogens is 542 g/mol. The average molecular weight is 568 g/mol. The highest BCUT2D eigenvalue weighted by Gasteiger charge is 2.36. The lowest BCUT2D eigenvalue weighted by Gasteiger charge is -2.13. The summed E-state index contributed by atoms with van der Waals surface area (Å²) in [6.45, 7) is 1.82. The molecule has 0 N–H and O–H groups in total. The molecule has 0 amide bonds. The number of nitrogens with zero attached hydrogens (tertiary/aromatic N) is 7. The predicted octanol–water partition coefficient (Wildman–Crippen LogP) is 5.71. The van der Waals surface area contributed by atoms with Crippen molar-refractivity contribution in [1.29, 1.82) is 0 Å². The normalized spacial score (nSPS) is 13.6. The summed E-state index contributed by atoms with van der Waals surface area (Å²) in [6.07, 6.45) is 1.73. The SMILES string of the molecule is CCn1cc(C(F)(F)F)nc1-c1c(F)cc(Cc2cccn3nc(-c4c(OC)ncnc4C4CC4)nc23)cc1OC. The monoisotopic (exact) mass is 567 g/mol. The van der Waals surface area contributed by atoms with Gasteiger partial charge in [-0.1, -0.05) is 6.07 Å². The fraction of sp³-hybridized carbons (Fsp3) is 0.321. The van der Waals surface area contributed by atoms with E-state index < -0.39 is 17.7 Å². The third-order valence-electron chi connectivity index (χ3n) is 7.03. The van der Waals surface area contributed by atoms with E-state index in [9.17, 15) is 13.2 Å². The van der Waals surface area contributed by atoms with Crippen LogP contribution in [0, 0.1) is 5.82 Å². The van der Waals surface area contributed by atoms with Gasteiger partial charge in [0.2, 0.25) is 5.88 Å². The van der Waals surface area contributed by atoms with Crippen LogP contribution >= 0.6 is 0 Å². The van der Waals surface area contributed by atoms with Gasteiger partial charge in [0.15, 0.2) is 17.2 Å². The quantitative estimate of drug-likeness (QED) is 0.222. The molecule has 0 unspecified atom stereocenters. The van der Waals surface area contributed by atoms with E-state index in [1.807, 2.05) is 6.07 Å². The summed E-state index contributed by atoms with van der Waals surface area (Å²) in [7, 11) is 2.87. The van der Waals surface area contributed by atoms with E-state index in [0.717, 1.165) is 30.3 Å². The molecule has 1 aromatic carbocycles. The van der Waals surface area contributed by atoms with E-state index in [2.05, 4.69) is 20.1 Å². The Morgan fingerprint density at radius 3 is 2.54 bits per heavy atom. The highest BCUT2D eigenvalue weighted by atomic mass is 19.4. The van der Waals surface area contributed by atoms with Crippen LogP contribution in [0.3, 0.4) is 0 Å². The second-order valence-electron chi connectivity index (χ2n) is 9.72. The molecule has 41 heavy (non-hydrogen) atoms. The maximum absolute atomic E-state index is 15.6. The molecule has 1 aliphatic carbocycles. The number of aryl methyl sites for hydroxylation is 1. The zero-order valence-corrected chi connectivity index (χ0v) is 22.4. The van der Waals surface area contributed by atoms with Crippen LogP contribution in [0.2, 0.25) is 0 Å². The predicted molar refractivity (Wildman–Crippen MR) is 140 cm³/mol. The van der Waals surface area contributed by atoms with Gasteiger partial charge in [0.1, 0.15) is 29.3 Å². The lowest BCUT2D eigenvalue weighted by atomic mass is 10.0. The van der Waals surface area contributed by atoms with E-state index in [1.54, 1.807) is 29.8 Å². The van der Waals surface area contributed by atoms with Gasteiger partial charge in [-0.3, -0.25) is 0 Å². The first-order valence-corrected chi connectivity index (χ1v) is 13.0. The highest BCUT2D eigenvalue weighted by molar-refractivity contribution is 5.69. The zero-order chi connectivity index (χ0) is 28.9. The summed E-state index contributed by atoms with van der Waals surface area (Å²) >= 11 is 0. The molecule has 4 aromatic heterocycles. The molecule has 1 aliphatic rings. The Bertz CT molecular complexity index is 1760. The van der Waals surface area contributed by atoms with Crippen molar-refractivity contribution in [2.75, 3.05) is 14.2 Å². The molecule has 5 aromatic rings. The number of benzene rings is 1. The van der Waals surface area contributed by atoms with Gasteiger partial charge in [-0.2, -0.15) is 13.2 Å². The Kier molecular flexibility index (Phi) is 6.59. The summed E-state index contributed by atoms with van der Waals surface area (Å²) < 4.78 is 69.4. The van der Waals surface area contributed by atoms with Crippen LogP contribution in [0.25, 0.3) is 28.4 Å². The molecule has 13 heteroatoms. The Labute approximate surface area is 231 Å². The van der Waals surface area contributed by atoms with E-state index in [0.29, 0.717) is 34.4 Å². The molecule has 6 rings (SSSR count). The van der Waals surface area contributed by atoms with Gasteiger partial charge in [-0.15, -0.1) is 5.10 Å². The number of pyridine rings is 1. The molecule has 0 spiro atoms. The number of alkyl halides is 3. The summed E-state index contributed by atoms with van der Waals surface area (Å²) in [5, 5.41) is 4.65. The maximum atomic E-state index is 15.6. The zero-order valence-electron chi connectivity index (χ0n) is 22.4. The molecule has 0 bridgehead atoms. The van der Waals surface area contributed by atoms with Crippen LogP contribution < -0.4 is 9.47 Å². The average Bonchev–Trinajstić information content (AvgIpc) is 3.55. The fourth-order valence-corrected chi connectivity index (χ4v) is 4.95. The number of halogens is 4. The molecule has 212 valence electrons. The standard InChI is InChI=1S/C28H25F4N7O2/c1-4-38-13-20(28(30,31)32)35-26(38)21-18(29)11-15(12-19(21)40-2)10-17-6-5-9-39-25(17)36-24(37-39)22-23(16-7-8-16)33-14-34-27(22)41-3/h5-6,9,11-14,16H,4,7-8,10H2,1-3H3. The molecular formula is C28H25F4N7O2. The third-order valence-corrected chi connectivity index (χ3v) is 7.03. The molecule has 9 nitrogen and oxygen atoms in total. The van der Waals surface area contributed by atoms with Crippen molar-refractivity contribution >= 4 is 5.65 Å². The molecule has 0 saturated heterocycles. The van der Waals surface area contributed by atoms with Crippen LogP contribution in [0.1, 0.15) is 48.2 Å². The smallest absolute Gasteiger partial charge is 0.434 e. The number of aromatic nitrogens is 7. The van der Waals surface area contributed by atoms with Crippen molar-refractivity contribution in [3.63, 3.8) is 0 Å². The largest absolute Gasteiger partial charge is 0.496 e. The lowest BCUT2D eigenvalue weighted by Crippen LogP contribution is -2.05. The summed E-state index contributed by atoms with van der Waals surface area (Å²) in [6, 6.07) is 6.53. The Balaban J connectivity index is 1.40. The van der Waals surface area contributed by atoms with Crippen molar-refractivity contribution in [2.24, 2.45) is 0 Å². The van der Waals surface area contributed by atoms with E-state index in [4.69, 9.17) is 14.5 Å². The van der Waals surface area contributed by atoms with Crippen molar-refractivity contribution < 1.29 is 27.0 Å². The molecule has 0 radical (unpaired) electrons. The molecule has 1 fully saturated rings. The van der Waals surface area contributed by atoms with Gasteiger partial charge in [0.05, 0.1) is 25.5 Å². The number of hydrogen-bond acceptors (Lipinski definition) is 7. The Morgan fingerprint density at radius 2 is 1.85 bits per heavy atom. The lowest BCUT2D eigenvalue weighted by molar-refractivity contribution is -0.140. The van der Waals surface area contributed by atoms with Gasteiger partial charge in [-0.05, 0) is 43.5 Å². The number of fused-ring (bicyclic) bond motifs is 1. The van der Waals surface area contributed by atoms with E-state index in [1.165, 1.54) is 31.2 Å². The number of ether oxygens (including phenoxy) is 2. The van der Waals surface area contributed by atoms with Crippen LogP contribution in [0.4, 0.5) is 17.6 Å². The van der Waals surface area contributed by atoms with Crippen LogP contribution in [0.15, 0.2) is 43.0 Å². The van der Waals surface area contributed by atoms with Crippen molar-refractivity contribution in [2.45, 2.75) is 44.8 Å². The second kappa shape index (κ2) is 10.1. The molecule has 0 aliphatic heterocycles. The van der Waals surface area contributed by atoms with Gasteiger partial charge < -0.3 is 14.0 Å². The summed E-state index contributed by atoms with van der Waals surface area (Å²) in [5.74, 6) is 0.280. The minimum atomic E-state index is -4.66. The minimum Gasteiger partial charge on any atom is -0.496 e. The molecule has 0 atom stereocenters. The fourth-order valence-electron chi connectivity index (χ4n) is 4.95.